The van der Waals surface area contributed by atoms with Gasteiger partial charge in [0.05, 0.1) is 11.0 Å². The van der Waals surface area contributed by atoms with Crippen LogP contribution in [0.15, 0.2) is 21.6 Å². The lowest BCUT2D eigenvalue weighted by Gasteiger charge is -2.11. The number of nitrogens with one attached hydrogen (secondary N) is 2. The van der Waals surface area contributed by atoms with Gasteiger partial charge in [-0.05, 0) is 65.7 Å². The molecule has 1 fully saturated rings. The van der Waals surface area contributed by atoms with E-state index in [-0.39, 0.29) is 30.8 Å². The van der Waals surface area contributed by atoms with E-state index in [0.717, 1.165) is 66.1 Å². The highest BCUT2D eigenvalue weighted by molar-refractivity contribution is 14.0. The van der Waals surface area contributed by atoms with Crippen LogP contribution in [-0.4, -0.2) is 39.1 Å². The zero-order valence-corrected chi connectivity index (χ0v) is 19.0. The monoisotopic (exact) mass is 539 g/mol. The van der Waals surface area contributed by atoms with Gasteiger partial charge in [0, 0.05) is 26.3 Å². The normalized spacial score (nSPS) is 15.5. The summed E-state index contributed by atoms with van der Waals surface area (Å²) in [6.45, 7) is 6.31. The summed E-state index contributed by atoms with van der Waals surface area (Å²) in [5.74, 6) is 3.18. The van der Waals surface area contributed by atoms with Gasteiger partial charge in [-0.25, -0.2) is 4.99 Å². The van der Waals surface area contributed by atoms with E-state index >= 15 is 0 Å². The maximum Gasteiger partial charge on any atom is 0.231 e. The predicted octanol–water partition coefficient (Wildman–Crippen LogP) is 3.67. The van der Waals surface area contributed by atoms with Crippen LogP contribution in [0.4, 0.5) is 0 Å². The van der Waals surface area contributed by atoms with Gasteiger partial charge >= 0.3 is 0 Å². The van der Waals surface area contributed by atoms with Gasteiger partial charge in [-0.15, -0.1) is 24.0 Å². The standard InChI is InChI=1S/C18H26BrN3O3.HI/c1-2-20-18(21-6-3-7-23-11-13-4-5-13)22-10-14-8-15(19)17-16(9-14)24-12-25-17;/h8-9,13H,2-7,10-12H2,1H3,(H2,20,21,22);1H. The Balaban J connectivity index is 0.00000243. The molecule has 1 aliphatic heterocycles. The van der Waals surface area contributed by atoms with E-state index in [0.29, 0.717) is 6.54 Å². The first kappa shape index (κ1) is 21.6. The molecule has 1 aromatic rings. The van der Waals surface area contributed by atoms with Crippen molar-refractivity contribution in [2.45, 2.75) is 32.7 Å². The predicted molar refractivity (Wildman–Crippen MR) is 117 cm³/mol. The first-order valence-electron chi connectivity index (χ1n) is 8.94. The Labute approximate surface area is 180 Å². The molecule has 0 atom stereocenters. The molecule has 26 heavy (non-hydrogen) atoms. The fourth-order valence-electron chi connectivity index (χ4n) is 2.54. The Kier molecular flexibility index (Phi) is 9.27. The Morgan fingerprint density at radius 3 is 2.92 bits per heavy atom. The molecule has 0 saturated heterocycles. The van der Waals surface area contributed by atoms with Gasteiger partial charge in [0.2, 0.25) is 6.79 Å². The number of guanidine groups is 1. The summed E-state index contributed by atoms with van der Waals surface area (Å²) in [7, 11) is 0. The molecule has 0 bridgehead atoms. The van der Waals surface area contributed by atoms with Gasteiger partial charge in [-0.1, -0.05) is 0 Å². The number of ether oxygens (including phenoxy) is 3. The van der Waals surface area contributed by atoms with Gasteiger partial charge < -0.3 is 24.8 Å². The van der Waals surface area contributed by atoms with Crippen LogP contribution in [-0.2, 0) is 11.3 Å². The van der Waals surface area contributed by atoms with E-state index in [1.807, 2.05) is 12.1 Å². The summed E-state index contributed by atoms with van der Waals surface area (Å²) in [5, 5.41) is 6.62. The van der Waals surface area contributed by atoms with E-state index in [9.17, 15) is 0 Å². The third-order valence-electron chi connectivity index (χ3n) is 4.06. The molecule has 6 nitrogen and oxygen atoms in total. The van der Waals surface area contributed by atoms with E-state index in [2.05, 4.69) is 38.5 Å². The average Bonchev–Trinajstić information content (AvgIpc) is 3.30. The van der Waals surface area contributed by atoms with Crippen molar-refractivity contribution >= 4 is 45.9 Å². The maximum absolute atomic E-state index is 5.65. The Morgan fingerprint density at radius 2 is 2.15 bits per heavy atom. The number of nitrogens with zero attached hydrogens (tertiary/aromatic N) is 1. The van der Waals surface area contributed by atoms with Crippen LogP contribution in [0.5, 0.6) is 11.5 Å². The molecular weight excluding hydrogens is 513 g/mol. The van der Waals surface area contributed by atoms with E-state index in [1.165, 1.54) is 12.8 Å². The van der Waals surface area contributed by atoms with Gasteiger partial charge in [-0.3, -0.25) is 0 Å². The van der Waals surface area contributed by atoms with Crippen molar-refractivity contribution in [2.75, 3.05) is 33.1 Å². The van der Waals surface area contributed by atoms with Crippen molar-refractivity contribution in [3.8, 4) is 11.5 Å². The fourth-order valence-corrected chi connectivity index (χ4v) is 3.14. The molecule has 1 aliphatic carbocycles. The molecule has 0 spiro atoms. The largest absolute Gasteiger partial charge is 0.454 e. The van der Waals surface area contributed by atoms with Crippen LogP contribution in [0.25, 0.3) is 0 Å². The quantitative estimate of drug-likeness (QED) is 0.217. The SMILES string of the molecule is CCNC(=NCc1cc(Br)c2c(c1)OCO2)NCCCOCC1CC1.I. The van der Waals surface area contributed by atoms with Crippen molar-refractivity contribution in [3.05, 3.63) is 22.2 Å². The third-order valence-corrected chi connectivity index (χ3v) is 4.65. The smallest absolute Gasteiger partial charge is 0.231 e. The molecule has 1 saturated carbocycles. The molecule has 0 unspecified atom stereocenters. The minimum atomic E-state index is 0. The lowest BCUT2D eigenvalue weighted by molar-refractivity contribution is 0.123. The third kappa shape index (κ3) is 6.77. The van der Waals surface area contributed by atoms with Crippen LogP contribution in [0, 0.1) is 5.92 Å². The second kappa shape index (κ2) is 11.2. The van der Waals surface area contributed by atoms with Gasteiger partial charge in [0.15, 0.2) is 17.5 Å². The fraction of sp³-hybridized carbons (Fsp3) is 0.611. The first-order chi connectivity index (χ1) is 12.3. The molecule has 2 aliphatic rings. The molecule has 1 heterocycles. The maximum atomic E-state index is 5.65. The van der Waals surface area contributed by atoms with Crippen LogP contribution in [0.3, 0.4) is 0 Å². The molecule has 0 radical (unpaired) electrons. The number of rotatable bonds is 9. The Hall–Kier alpha value is -0.740. The van der Waals surface area contributed by atoms with Crippen molar-refractivity contribution in [3.63, 3.8) is 0 Å². The van der Waals surface area contributed by atoms with Gasteiger partial charge in [0.25, 0.3) is 0 Å². The number of hydrogen-bond donors (Lipinski definition) is 2. The average molecular weight is 540 g/mol. The van der Waals surface area contributed by atoms with Crippen LogP contribution >= 0.6 is 39.9 Å². The molecule has 2 N–H and O–H groups in total. The van der Waals surface area contributed by atoms with Crippen LogP contribution in [0.1, 0.15) is 31.7 Å². The molecule has 146 valence electrons. The highest BCUT2D eigenvalue weighted by Gasteiger charge is 2.20. The minimum absolute atomic E-state index is 0. The van der Waals surface area contributed by atoms with Crippen molar-refractivity contribution in [1.29, 1.82) is 0 Å². The number of aliphatic imine (C=N–C) groups is 1. The van der Waals surface area contributed by atoms with Gasteiger partial charge in [-0.2, -0.15) is 0 Å². The summed E-state index contributed by atoms with van der Waals surface area (Å²) in [5.41, 5.74) is 1.07. The van der Waals surface area contributed by atoms with Crippen LogP contribution in [0.2, 0.25) is 0 Å². The minimum Gasteiger partial charge on any atom is -0.454 e. The molecule has 1 aromatic carbocycles. The zero-order valence-electron chi connectivity index (χ0n) is 15.1. The highest BCUT2D eigenvalue weighted by atomic mass is 127. The lowest BCUT2D eigenvalue weighted by Crippen LogP contribution is -2.38. The Bertz CT molecular complexity index is 612. The molecule has 0 aromatic heterocycles. The van der Waals surface area contributed by atoms with Gasteiger partial charge in [0.1, 0.15) is 0 Å². The van der Waals surface area contributed by atoms with Crippen molar-refractivity contribution in [2.24, 2.45) is 10.9 Å². The number of benzene rings is 1. The van der Waals surface area contributed by atoms with Crippen LogP contribution < -0.4 is 20.1 Å². The molecule has 3 rings (SSSR count). The lowest BCUT2D eigenvalue weighted by atomic mass is 10.2. The molecule has 8 heteroatoms. The second-order valence-corrected chi connectivity index (χ2v) is 7.16. The number of halogens is 2. The zero-order chi connectivity index (χ0) is 17.5. The summed E-state index contributed by atoms with van der Waals surface area (Å²) >= 11 is 3.52. The summed E-state index contributed by atoms with van der Waals surface area (Å²) < 4.78 is 17.4. The molecule has 0 amide bonds. The number of hydrogen-bond acceptors (Lipinski definition) is 4. The van der Waals surface area contributed by atoms with E-state index in [4.69, 9.17) is 14.2 Å². The number of fused-ring (bicyclic) bond motifs is 1. The molecular formula is C18H27BrIN3O3. The summed E-state index contributed by atoms with van der Waals surface area (Å²) in [4.78, 5) is 4.64. The summed E-state index contributed by atoms with van der Waals surface area (Å²) in [6.07, 6.45) is 3.66. The highest BCUT2D eigenvalue weighted by Crippen LogP contribution is 2.40. The van der Waals surface area contributed by atoms with Crippen molar-refractivity contribution < 1.29 is 14.2 Å². The van der Waals surface area contributed by atoms with E-state index in [1.54, 1.807) is 0 Å². The van der Waals surface area contributed by atoms with E-state index < -0.39 is 0 Å². The second-order valence-electron chi connectivity index (χ2n) is 6.31. The summed E-state index contributed by atoms with van der Waals surface area (Å²) in [6, 6.07) is 4.00. The topological polar surface area (TPSA) is 64.1 Å². The first-order valence-corrected chi connectivity index (χ1v) is 9.73. The Morgan fingerprint density at radius 1 is 1.31 bits per heavy atom. The van der Waals surface area contributed by atoms with Crippen molar-refractivity contribution in [1.82, 2.24) is 10.6 Å².